The molecule has 3 rings (SSSR count). The highest BCUT2D eigenvalue weighted by Crippen LogP contribution is 2.19. The zero-order chi connectivity index (χ0) is 18.7. The molecule has 1 aliphatic heterocycles. The van der Waals surface area contributed by atoms with Gasteiger partial charge in [-0.2, -0.15) is 9.29 Å². The monoisotopic (exact) mass is 379 g/mol. The van der Waals surface area contributed by atoms with Crippen molar-refractivity contribution in [1.82, 2.24) is 19.3 Å². The number of benzene rings is 1. The van der Waals surface area contributed by atoms with Gasteiger partial charge in [-0.05, 0) is 25.5 Å². The molecular weight excluding hydrogens is 354 g/mol. The third kappa shape index (κ3) is 4.12. The molecule has 0 radical (unpaired) electrons. The van der Waals surface area contributed by atoms with Gasteiger partial charge < -0.3 is 10.3 Å². The van der Waals surface area contributed by atoms with Crippen LogP contribution in [0, 0.1) is 6.92 Å². The predicted octanol–water partition coefficient (Wildman–Crippen LogP) is 1.29. The smallest absolute Gasteiger partial charge is 0.243 e. The van der Waals surface area contributed by atoms with Crippen molar-refractivity contribution in [2.45, 2.75) is 37.8 Å². The molecule has 1 aliphatic rings. The molecule has 8 nitrogen and oxygen atoms in total. The lowest BCUT2D eigenvalue weighted by molar-refractivity contribution is 0.163. The molecule has 0 spiro atoms. The lowest BCUT2D eigenvalue weighted by Crippen LogP contribution is -2.48. The molecule has 2 N–H and O–H groups in total. The zero-order valence-corrected chi connectivity index (χ0v) is 15.9. The van der Waals surface area contributed by atoms with E-state index in [0.717, 1.165) is 12.0 Å². The Hall–Kier alpha value is -1.81. The first kappa shape index (κ1) is 19.0. The van der Waals surface area contributed by atoms with E-state index in [1.807, 2.05) is 26.0 Å². The summed E-state index contributed by atoms with van der Waals surface area (Å²) in [6, 6.07) is 6.74. The molecular formula is C17H25N5O3S. The van der Waals surface area contributed by atoms with Gasteiger partial charge in [-0.25, -0.2) is 8.42 Å². The van der Waals surface area contributed by atoms with Crippen LogP contribution in [-0.4, -0.2) is 53.9 Å². The van der Waals surface area contributed by atoms with E-state index in [2.05, 4.69) is 15.0 Å². The minimum atomic E-state index is -3.45. The minimum absolute atomic E-state index is 0.219. The average molecular weight is 379 g/mol. The summed E-state index contributed by atoms with van der Waals surface area (Å²) in [7, 11) is -3.45. The minimum Gasteiger partial charge on any atom is -0.338 e. The van der Waals surface area contributed by atoms with Gasteiger partial charge in [0.1, 0.15) is 0 Å². The number of rotatable bonds is 6. The summed E-state index contributed by atoms with van der Waals surface area (Å²) in [6.07, 6.45) is 0.745. The molecule has 0 bridgehead atoms. The predicted molar refractivity (Wildman–Crippen MR) is 96.7 cm³/mol. The van der Waals surface area contributed by atoms with Crippen LogP contribution in [0.2, 0.25) is 0 Å². The molecule has 1 unspecified atom stereocenters. The van der Waals surface area contributed by atoms with E-state index in [0.29, 0.717) is 49.3 Å². The fourth-order valence-corrected chi connectivity index (χ4v) is 4.27. The van der Waals surface area contributed by atoms with Crippen LogP contribution in [-0.2, 0) is 16.6 Å². The van der Waals surface area contributed by atoms with E-state index in [1.165, 1.54) is 4.31 Å². The van der Waals surface area contributed by atoms with Crippen LogP contribution in [0.1, 0.15) is 36.7 Å². The number of sulfonamides is 1. The first-order valence-corrected chi connectivity index (χ1v) is 10.2. The van der Waals surface area contributed by atoms with Crippen molar-refractivity contribution in [3.05, 3.63) is 41.5 Å². The Morgan fingerprint density at radius 2 is 1.85 bits per heavy atom. The number of hydrogen-bond acceptors (Lipinski definition) is 7. The molecule has 0 saturated carbocycles. The maximum Gasteiger partial charge on any atom is 0.243 e. The fourth-order valence-electron chi connectivity index (χ4n) is 2.84. The average Bonchev–Trinajstić information content (AvgIpc) is 3.10. The normalized spacial score (nSPS) is 18.1. The van der Waals surface area contributed by atoms with Crippen molar-refractivity contribution in [2.75, 3.05) is 26.2 Å². The van der Waals surface area contributed by atoms with Gasteiger partial charge in [-0.3, -0.25) is 4.90 Å². The second-order valence-electron chi connectivity index (χ2n) is 6.55. The summed E-state index contributed by atoms with van der Waals surface area (Å²) in [4.78, 5) is 6.77. The Morgan fingerprint density at radius 3 is 2.46 bits per heavy atom. The molecule has 2 heterocycles. The quantitative estimate of drug-likeness (QED) is 0.806. The van der Waals surface area contributed by atoms with E-state index in [1.54, 1.807) is 12.1 Å². The molecule has 9 heteroatoms. The number of nitrogens with two attached hydrogens (primary N) is 1. The van der Waals surface area contributed by atoms with Crippen molar-refractivity contribution in [1.29, 1.82) is 0 Å². The van der Waals surface area contributed by atoms with Crippen LogP contribution in [0.15, 0.2) is 33.7 Å². The second kappa shape index (κ2) is 7.83. The Morgan fingerprint density at radius 1 is 1.19 bits per heavy atom. The topological polar surface area (TPSA) is 106 Å². The van der Waals surface area contributed by atoms with Gasteiger partial charge in [0.15, 0.2) is 5.82 Å². The Kier molecular flexibility index (Phi) is 5.71. The van der Waals surface area contributed by atoms with Gasteiger partial charge in [0.2, 0.25) is 15.9 Å². The molecule has 1 aromatic heterocycles. The third-order valence-corrected chi connectivity index (χ3v) is 6.52. The first-order valence-electron chi connectivity index (χ1n) is 8.77. The highest BCUT2D eigenvalue weighted by atomic mass is 32.2. The summed E-state index contributed by atoms with van der Waals surface area (Å²) in [6.45, 7) is 6.50. The number of hydrogen-bond donors (Lipinski definition) is 1. The summed E-state index contributed by atoms with van der Waals surface area (Å²) < 4.78 is 32.2. The van der Waals surface area contributed by atoms with Crippen LogP contribution in [0.4, 0.5) is 0 Å². The molecule has 1 atom stereocenters. The van der Waals surface area contributed by atoms with Crippen LogP contribution >= 0.6 is 0 Å². The molecule has 142 valence electrons. The van der Waals surface area contributed by atoms with E-state index < -0.39 is 10.0 Å². The molecule has 0 amide bonds. The van der Waals surface area contributed by atoms with Crippen LogP contribution in [0.25, 0.3) is 0 Å². The maximum absolute atomic E-state index is 12.7. The van der Waals surface area contributed by atoms with Crippen LogP contribution < -0.4 is 5.73 Å². The van der Waals surface area contributed by atoms with Gasteiger partial charge in [-0.1, -0.05) is 29.8 Å². The van der Waals surface area contributed by atoms with Crippen molar-refractivity contribution in [3.63, 3.8) is 0 Å². The molecule has 1 fully saturated rings. The lowest BCUT2D eigenvalue weighted by Gasteiger charge is -2.33. The first-order chi connectivity index (χ1) is 12.4. The second-order valence-corrected chi connectivity index (χ2v) is 8.49. The van der Waals surface area contributed by atoms with Crippen molar-refractivity contribution in [3.8, 4) is 0 Å². The van der Waals surface area contributed by atoms with Crippen LogP contribution in [0.5, 0.6) is 0 Å². The van der Waals surface area contributed by atoms with Gasteiger partial charge in [0, 0.05) is 26.2 Å². The molecule has 2 aromatic rings. The van der Waals surface area contributed by atoms with Gasteiger partial charge in [0.05, 0.1) is 17.5 Å². The van der Waals surface area contributed by atoms with Crippen molar-refractivity contribution < 1.29 is 12.9 Å². The molecule has 26 heavy (non-hydrogen) atoms. The van der Waals surface area contributed by atoms with Crippen LogP contribution in [0.3, 0.4) is 0 Å². The summed E-state index contributed by atoms with van der Waals surface area (Å²) in [5.74, 6) is 1.03. The summed E-state index contributed by atoms with van der Waals surface area (Å²) in [5, 5.41) is 3.91. The summed E-state index contributed by atoms with van der Waals surface area (Å²) in [5.41, 5.74) is 6.94. The third-order valence-electron chi connectivity index (χ3n) is 4.60. The van der Waals surface area contributed by atoms with E-state index in [9.17, 15) is 8.42 Å². The highest BCUT2D eigenvalue weighted by molar-refractivity contribution is 7.89. The Bertz CT molecular complexity index is 826. The molecule has 0 aliphatic carbocycles. The fraction of sp³-hybridized carbons (Fsp3) is 0.529. The largest absolute Gasteiger partial charge is 0.338 e. The molecule has 1 saturated heterocycles. The Labute approximate surface area is 154 Å². The number of aromatic nitrogens is 2. The zero-order valence-electron chi connectivity index (χ0n) is 15.1. The lowest BCUT2D eigenvalue weighted by atomic mass is 10.2. The van der Waals surface area contributed by atoms with Gasteiger partial charge in [0.25, 0.3) is 0 Å². The molecule has 1 aromatic carbocycles. The van der Waals surface area contributed by atoms with E-state index in [4.69, 9.17) is 10.3 Å². The van der Waals surface area contributed by atoms with E-state index >= 15 is 0 Å². The standard InChI is InChI=1S/C17H25N5O3S/c1-3-15(18)17-19-16(25-20-17)12-21-8-10-22(11-9-21)26(23,24)14-6-4-13(2)5-7-14/h4-7,15H,3,8-12,18H2,1-2H3. The van der Waals surface area contributed by atoms with Crippen molar-refractivity contribution in [2.24, 2.45) is 5.73 Å². The number of nitrogens with zero attached hydrogens (tertiary/aromatic N) is 4. The highest BCUT2D eigenvalue weighted by Gasteiger charge is 2.29. The SMILES string of the molecule is CCC(N)c1noc(CN2CCN(S(=O)(=O)c3ccc(C)cc3)CC2)n1. The maximum atomic E-state index is 12.7. The van der Waals surface area contributed by atoms with Crippen molar-refractivity contribution >= 4 is 10.0 Å². The number of aryl methyl sites for hydroxylation is 1. The summed E-state index contributed by atoms with van der Waals surface area (Å²) >= 11 is 0. The number of piperazine rings is 1. The Balaban J connectivity index is 1.58. The van der Waals surface area contributed by atoms with E-state index in [-0.39, 0.29) is 6.04 Å². The van der Waals surface area contributed by atoms with Gasteiger partial charge in [-0.15, -0.1) is 0 Å². The van der Waals surface area contributed by atoms with Gasteiger partial charge >= 0.3 is 0 Å².